The second-order valence-corrected chi connectivity index (χ2v) is 7.42. The highest BCUT2D eigenvalue weighted by Gasteiger charge is 2.34. The van der Waals surface area contributed by atoms with Crippen molar-refractivity contribution in [2.24, 2.45) is 5.92 Å². The molecule has 156 valence electrons. The van der Waals surface area contributed by atoms with Crippen molar-refractivity contribution in [2.45, 2.75) is 13.0 Å². The molecule has 3 N–H and O–H groups in total. The molecule has 30 heavy (non-hydrogen) atoms. The van der Waals surface area contributed by atoms with Gasteiger partial charge in [-0.05, 0) is 48.1 Å². The summed E-state index contributed by atoms with van der Waals surface area (Å²) in [6, 6.07) is 10.5. The van der Waals surface area contributed by atoms with Crippen LogP contribution in [-0.2, 0) is 20.9 Å². The maximum absolute atomic E-state index is 12.3. The van der Waals surface area contributed by atoms with Crippen molar-refractivity contribution in [3.8, 4) is 0 Å². The minimum Gasteiger partial charge on any atom is -0.467 e. The van der Waals surface area contributed by atoms with Crippen LogP contribution in [0.2, 0.25) is 5.02 Å². The minimum absolute atomic E-state index is 0.0640. The Labute approximate surface area is 183 Å². The number of amides is 3. The predicted molar refractivity (Wildman–Crippen MR) is 115 cm³/mol. The number of carbonyl (C=O) groups is 3. The van der Waals surface area contributed by atoms with Gasteiger partial charge in [0, 0.05) is 24.1 Å². The molecule has 0 saturated carbocycles. The van der Waals surface area contributed by atoms with E-state index in [1.807, 2.05) is 0 Å². The van der Waals surface area contributed by atoms with Gasteiger partial charge in [0.25, 0.3) is 0 Å². The van der Waals surface area contributed by atoms with Crippen LogP contribution in [0.1, 0.15) is 17.7 Å². The molecular formula is C20H19ClN4O4S. The van der Waals surface area contributed by atoms with E-state index in [1.54, 1.807) is 47.4 Å². The van der Waals surface area contributed by atoms with Crippen LogP contribution in [0.25, 0.3) is 6.08 Å². The van der Waals surface area contributed by atoms with E-state index in [9.17, 15) is 14.4 Å². The summed E-state index contributed by atoms with van der Waals surface area (Å²) in [5.74, 6) is -0.855. The third-order valence-corrected chi connectivity index (χ3v) is 4.80. The summed E-state index contributed by atoms with van der Waals surface area (Å²) in [5.41, 5.74) is 5.69. The zero-order valence-corrected chi connectivity index (χ0v) is 17.3. The van der Waals surface area contributed by atoms with Crippen LogP contribution in [0, 0.1) is 5.92 Å². The number of nitrogens with zero attached hydrogens (tertiary/aromatic N) is 1. The first-order chi connectivity index (χ1) is 14.4. The van der Waals surface area contributed by atoms with Crippen LogP contribution < -0.4 is 16.2 Å². The monoisotopic (exact) mass is 446 g/mol. The summed E-state index contributed by atoms with van der Waals surface area (Å²) >= 11 is 10.8. The Balaban J connectivity index is 1.40. The molecule has 3 amide bonds. The van der Waals surface area contributed by atoms with Crippen molar-refractivity contribution in [1.29, 1.82) is 0 Å². The number of likely N-dealkylation sites (tertiary alicyclic amines) is 1. The van der Waals surface area contributed by atoms with E-state index in [4.69, 9.17) is 28.2 Å². The van der Waals surface area contributed by atoms with Crippen LogP contribution in [0.5, 0.6) is 0 Å². The molecule has 1 aromatic heterocycles. The molecule has 1 fully saturated rings. The summed E-state index contributed by atoms with van der Waals surface area (Å²) in [4.78, 5) is 37.9. The van der Waals surface area contributed by atoms with Crippen LogP contribution in [0.3, 0.4) is 0 Å². The topological polar surface area (TPSA) is 104 Å². The van der Waals surface area contributed by atoms with E-state index in [1.165, 1.54) is 12.3 Å². The van der Waals surface area contributed by atoms with Crippen molar-refractivity contribution >= 4 is 52.7 Å². The molecule has 1 aromatic carbocycles. The molecular weight excluding hydrogens is 428 g/mol. The van der Waals surface area contributed by atoms with E-state index < -0.39 is 17.7 Å². The molecule has 2 aromatic rings. The Morgan fingerprint density at radius 3 is 2.70 bits per heavy atom. The van der Waals surface area contributed by atoms with Gasteiger partial charge in [0.1, 0.15) is 5.76 Å². The van der Waals surface area contributed by atoms with Gasteiger partial charge in [-0.3, -0.25) is 30.6 Å². The molecule has 10 heteroatoms. The van der Waals surface area contributed by atoms with E-state index >= 15 is 0 Å². The van der Waals surface area contributed by atoms with Crippen molar-refractivity contribution in [2.75, 3.05) is 6.54 Å². The van der Waals surface area contributed by atoms with Crippen LogP contribution in [0.15, 0.2) is 53.2 Å². The SMILES string of the molecule is O=C(/C=C/c1ccc(Cl)cc1)NC(=S)NNC(=O)C1CC(=O)N(Cc2ccco2)C1. The molecule has 2 heterocycles. The lowest BCUT2D eigenvalue weighted by Crippen LogP contribution is -2.50. The first-order valence-corrected chi connectivity index (χ1v) is 9.84. The van der Waals surface area contributed by atoms with Crippen LogP contribution in [0.4, 0.5) is 0 Å². The molecule has 0 aliphatic carbocycles. The Bertz CT molecular complexity index is 960. The van der Waals surface area contributed by atoms with Gasteiger partial charge in [-0.2, -0.15) is 0 Å². The molecule has 0 bridgehead atoms. The molecule has 1 saturated heterocycles. The maximum atomic E-state index is 12.3. The Morgan fingerprint density at radius 1 is 1.23 bits per heavy atom. The Hall–Kier alpha value is -3.17. The van der Waals surface area contributed by atoms with Gasteiger partial charge < -0.3 is 9.32 Å². The lowest BCUT2D eigenvalue weighted by molar-refractivity contribution is -0.129. The zero-order chi connectivity index (χ0) is 21.5. The van der Waals surface area contributed by atoms with Crippen molar-refractivity contribution < 1.29 is 18.8 Å². The fourth-order valence-electron chi connectivity index (χ4n) is 2.84. The zero-order valence-electron chi connectivity index (χ0n) is 15.8. The number of furan rings is 1. The largest absolute Gasteiger partial charge is 0.467 e. The molecule has 0 spiro atoms. The van der Waals surface area contributed by atoms with E-state index in [-0.39, 0.29) is 24.0 Å². The van der Waals surface area contributed by atoms with Crippen LogP contribution >= 0.6 is 23.8 Å². The second-order valence-electron chi connectivity index (χ2n) is 6.57. The van der Waals surface area contributed by atoms with E-state index in [0.29, 0.717) is 17.3 Å². The number of halogens is 1. The van der Waals surface area contributed by atoms with Gasteiger partial charge in [-0.15, -0.1) is 0 Å². The average molecular weight is 447 g/mol. The first kappa shape index (κ1) is 21.5. The number of nitrogens with one attached hydrogen (secondary N) is 3. The summed E-state index contributed by atoms with van der Waals surface area (Å²) in [7, 11) is 0. The summed E-state index contributed by atoms with van der Waals surface area (Å²) < 4.78 is 5.23. The van der Waals surface area contributed by atoms with Gasteiger partial charge in [0.05, 0.1) is 18.7 Å². The number of thiocarbonyl (C=S) groups is 1. The standard InChI is InChI=1S/C20H19ClN4O4S/c21-15-6-3-13(4-7-15)5-8-17(26)22-20(30)24-23-19(28)14-10-18(27)25(11-14)12-16-2-1-9-29-16/h1-9,14H,10-12H2,(H,23,28)(H2,22,24,26,30)/b8-5+. The number of rotatable bonds is 5. The molecule has 1 aliphatic heterocycles. The lowest BCUT2D eigenvalue weighted by atomic mass is 10.1. The normalized spacial score (nSPS) is 16.0. The number of benzene rings is 1. The molecule has 1 atom stereocenters. The summed E-state index contributed by atoms with van der Waals surface area (Å²) in [6.07, 6.45) is 4.53. The predicted octanol–water partition coefficient (Wildman–Crippen LogP) is 2.02. The highest BCUT2D eigenvalue weighted by Crippen LogP contribution is 2.20. The average Bonchev–Trinajstić information content (AvgIpc) is 3.36. The molecule has 1 aliphatic rings. The van der Waals surface area contributed by atoms with Gasteiger partial charge in [-0.1, -0.05) is 23.7 Å². The highest BCUT2D eigenvalue weighted by atomic mass is 35.5. The quantitative estimate of drug-likeness (QED) is 0.369. The van der Waals surface area contributed by atoms with Gasteiger partial charge in [-0.25, -0.2) is 0 Å². The van der Waals surface area contributed by atoms with E-state index in [0.717, 1.165) is 5.56 Å². The molecule has 1 unspecified atom stereocenters. The summed E-state index contributed by atoms with van der Waals surface area (Å²) in [5, 5.41) is 2.96. The third-order valence-electron chi connectivity index (χ3n) is 4.35. The fourth-order valence-corrected chi connectivity index (χ4v) is 3.12. The van der Waals surface area contributed by atoms with E-state index in [2.05, 4.69) is 16.2 Å². The number of hydrogen-bond donors (Lipinski definition) is 3. The highest BCUT2D eigenvalue weighted by molar-refractivity contribution is 7.80. The third kappa shape index (κ3) is 6.16. The number of hydrogen-bond acceptors (Lipinski definition) is 5. The maximum Gasteiger partial charge on any atom is 0.250 e. The smallest absolute Gasteiger partial charge is 0.250 e. The molecule has 3 rings (SSSR count). The van der Waals surface area contributed by atoms with Gasteiger partial charge in [0.15, 0.2) is 5.11 Å². The number of carbonyl (C=O) groups excluding carboxylic acids is 3. The van der Waals surface area contributed by atoms with Gasteiger partial charge >= 0.3 is 0 Å². The summed E-state index contributed by atoms with van der Waals surface area (Å²) in [6.45, 7) is 0.591. The first-order valence-electron chi connectivity index (χ1n) is 9.05. The number of hydrazine groups is 1. The van der Waals surface area contributed by atoms with Crippen LogP contribution in [-0.4, -0.2) is 34.3 Å². The minimum atomic E-state index is -0.525. The lowest BCUT2D eigenvalue weighted by Gasteiger charge is -2.15. The molecule has 8 nitrogen and oxygen atoms in total. The van der Waals surface area contributed by atoms with Crippen molar-refractivity contribution in [3.05, 3.63) is 65.1 Å². The second kappa shape index (κ2) is 10.0. The Morgan fingerprint density at radius 2 is 2.00 bits per heavy atom. The molecule has 0 radical (unpaired) electrons. The van der Waals surface area contributed by atoms with Crippen molar-refractivity contribution in [1.82, 2.24) is 21.1 Å². The van der Waals surface area contributed by atoms with Crippen molar-refractivity contribution in [3.63, 3.8) is 0 Å². The Kier molecular flexibility index (Phi) is 7.21. The van der Waals surface area contributed by atoms with Gasteiger partial charge in [0.2, 0.25) is 17.7 Å². The fraction of sp³-hybridized carbons (Fsp3) is 0.200.